The fourth-order valence-electron chi connectivity index (χ4n) is 8.75. The molecule has 4 aliphatic carbocycles. The lowest BCUT2D eigenvalue weighted by atomic mass is 9.44. The SMILES string of the molecule is C=CCCC(c1ccccc1)(C1CCCC1)C1(CCC)C2C=CC=CC2C2C=CC=CC21. The molecule has 5 rings (SSSR count). The summed E-state index contributed by atoms with van der Waals surface area (Å²) in [6.45, 7) is 6.62. The molecule has 168 valence electrons. The van der Waals surface area contributed by atoms with Gasteiger partial charge in [-0.05, 0) is 72.7 Å². The van der Waals surface area contributed by atoms with Crippen LogP contribution in [0.4, 0.5) is 0 Å². The van der Waals surface area contributed by atoms with Gasteiger partial charge in [0.05, 0.1) is 0 Å². The van der Waals surface area contributed by atoms with Crippen LogP contribution in [-0.2, 0) is 5.41 Å². The third-order valence-corrected chi connectivity index (χ3v) is 9.57. The zero-order valence-corrected chi connectivity index (χ0v) is 19.8. The maximum atomic E-state index is 4.19. The summed E-state index contributed by atoms with van der Waals surface area (Å²) in [6.07, 6.45) is 32.3. The van der Waals surface area contributed by atoms with E-state index in [0.717, 1.165) is 12.3 Å². The number of rotatable bonds is 8. The molecule has 0 saturated heterocycles. The summed E-state index contributed by atoms with van der Waals surface area (Å²) in [5.41, 5.74) is 2.02. The monoisotopic (exact) mass is 424 g/mol. The van der Waals surface area contributed by atoms with Crippen LogP contribution >= 0.6 is 0 Å². The number of fused-ring (bicyclic) bond motifs is 3. The second kappa shape index (κ2) is 9.05. The van der Waals surface area contributed by atoms with Gasteiger partial charge in [-0.3, -0.25) is 0 Å². The minimum atomic E-state index is 0.183. The molecule has 0 aromatic heterocycles. The highest BCUT2D eigenvalue weighted by molar-refractivity contribution is 5.41. The summed E-state index contributed by atoms with van der Waals surface area (Å²) in [7, 11) is 0. The van der Waals surface area contributed by atoms with Crippen molar-refractivity contribution in [1.82, 2.24) is 0 Å². The molecule has 2 fully saturated rings. The minimum Gasteiger partial charge on any atom is -0.103 e. The van der Waals surface area contributed by atoms with E-state index in [9.17, 15) is 0 Å². The minimum absolute atomic E-state index is 0.183. The second-order valence-electron chi connectivity index (χ2n) is 10.7. The molecular formula is C32H40. The fourth-order valence-corrected chi connectivity index (χ4v) is 8.75. The summed E-state index contributed by atoms with van der Waals surface area (Å²) >= 11 is 0. The van der Waals surface area contributed by atoms with E-state index in [0.29, 0.717) is 23.7 Å². The highest BCUT2D eigenvalue weighted by Crippen LogP contribution is 2.71. The van der Waals surface area contributed by atoms with Gasteiger partial charge in [-0.1, -0.05) is 111 Å². The van der Waals surface area contributed by atoms with Crippen molar-refractivity contribution in [3.8, 4) is 0 Å². The molecule has 0 heteroatoms. The molecule has 5 atom stereocenters. The first-order chi connectivity index (χ1) is 15.8. The Kier molecular flexibility index (Phi) is 6.15. The van der Waals surface area contributed by atoms with Crippen molar-refractivity contribution in [3.05, 3.63) is 97.2 Å². The fraction of sp³-hybridized carbons (Fsp3) is 0.500. The van der Waals surface area contributed by atoms with Crippen molar-refractivity contribution in [2.45, 2.75) is 63.7 Å². The Bertz CT molecular complexity index is 873. The summed E-state index contributed by atoms with van der Waals surface area (Å²) in [6, 6.07) is 11.8. The molecule has 0 heterocycles. The number of hydrogen-bond donors (Lipinski definition) is 0. The van der Waals surface area contributed by atoms with Crippen LogP contribution in [-0.4, -0.2) is 0 Å². The van der Waals surface area contributed by atoms with E-state index < -0.39 is 0 Å². The van der Waals surface area contributed by atoms with Gasteiger partial charge in [0.2, 0.25) is 0 Å². The first-order valence-electron chi connectivity index (χ1n) is 13.2. The molecule has 0 amide bonds. The Labute approximate surface area is 195 Å². The van der Waals surface area contributed by atoms with Gasteiger partial charge in [-0.2, -0.15) is 0 Å². The lowest BCUT2D eigenvalue weighted by molar-refractivity contribution is -0.0160. The van der Waals surface area contributed by atoms with Gasteiger partial charge >= 0.3 is 0 Å². The van der Waals surface area contributed by atoms with E-state index in [4.69, 9.17) is 0 Å². The van der Waals surface area contributed by atoms with Crippen LogP contribution in [0.25, 0.3) is 0 Å². The lowest BCUT2D eigenvalue weighted by Gasteiger charge is -2.59. The smallest absolute Gasteiger partial charge is 0.00522 e. The van der Waals surface area contributed by atoms with Gasteiger partial charge < -0.3 is 0 Å². The predicted octanol–water partition coefficient (Wildman–Crippen LogP) is 8.60. The van der Waals surface area contributed by atoms with Crippen LogP contribution in [0.3, 0.4) is 0 Å². The molecule has 0 spiro atoms. The molecule has 0 bridgehead atoms. The van der Waals surface area contributed by atoms with Crippen molar-refractivity contribution in [1.29, 1.82) is 0 Å². The van der Waals surface area contributed by atoms with Crippen LogP contribution in [0, 0.1) is 35.0 Å². The average Bonchev–Trinajstić information content (AvgIpc) is 3.48. The van der Waals surface area contributed by atoms with Crippen molar-refractivity contribution in [2.75, 3.05) is 0 Å². The topological polar surface area (TPSA) is 0 Å². The number of hydrogen-bond acceptors (Lipinski definition) is 0. The average molecular weight is 425 g/mol. The molecule has 32 heavy (non-hydrogen) atoms. The molecule has 1 aromatic carbocycles. The Morgan fingerprint density at radius 3 is 2.06 bits per heavy atom. The van der Waals surface area contributed by atoms with Gasteiger partial charge in [-0.15, -0.1) is 6.58 Å². The molecule has 0 nitrogen and oxygen atoms in total. The van der Waals surface area contributed by atoms with Crippen LogP contribution in [0.15, 0.2) is 91.6 Å². The van der Waals surface area contributed by atoms with Gasteiger partial charge in [-0.25, -0.2) is 0 Å². The molecule has 0 N–H and O–H groups in total. The third kappa shape index (κ3) is 3.09. The Balaban J connectivity index is 1.81. The van der Waals surface area contributed by atoms with Gasteiger partial charge in [0.1, 0.15) is 0 Å². The Hall–Kier alpha value is -2.08. The van der Waals surface area contributed by atoms with E-state index in [-0.39, 0.29) is 10.8 Å². The predicted molar refractivity (Wildman–Crippen MR) is 137 cm³/mol. The van der Waals surface area contributed by atoms with Crippen molar-refractivity contribution < 1.29 is 0 Å². The zero-order chi connectivity index (χ0) is 22.0. The first kappa shape index (κ1) is 21.7. The van der Waals surface area contributed by atoms with Crippen molar-refractivity contribution in [2.24, 2.45) is 35.0 Å². The zero-order valence-electron chi connectivity index (χ0n) is 19.8. The van der Waals surface area contributed by atoms with Crippen molar-refractivity contribution in [3.63, 3.8) is 0 Å². The second-order valence-corrected chi connectivity index (χ2v) is 10.7. The maximum absolute atomic E-state index is 4.19. The summed E-state index contributed by atoms with van der Waals surface area (Å²) < 4.78 is 0. The summed E-state index contributed by atoms with van der Waals surface area (Å²) in [5.74, 6) is 3.19. The van der Waals surface area contributed by atoms with Gasteiger partial charge in [0.25, 0.3) is 0 Å². The van der Waals surface area contributed by atoms with Crippen molar-refractivity contribution >= 4 is 0 Å². The molecule has 1 aromatic rings. The highest BCUT2D eigenvalue weighted by Gasteiger charge is 2.67. The molecule has 0 radical (unpaired) electrons. The molecule has 2 saturated carbocycles. The van der Waals surface area contributed by atoms with E-state index in [2.05, 4.69) is 98.5 Å². The van der Waals surface area contributed by atoms with Crippen LogP contribution in [0.5, 0.6) is 0 Å². The normalized spacial score (nSPS) is 34.9. The van der Waals surface area contributed by atoms with Gasteiger partial charge in [0, 0.05) is 5.41 Å². The van der Waals surface area contributed by atoms with E-state index in [1.807, 2.05) is 0 Å². The summed E-state index contributed by atoms with van der Waals surface area (Å²) in [4.78, 5) is 0. The maximum Gasteiger partial charge on any atom is 0.00522 e. The highest BCUT2D eigenvalue weighted by atomic mass is 14.7. The van der Waals surface area contributed by atoms with Crippen LogP contribution in [0.1, 0.15) is 63.9 Å². The van der Waals surface area contributed by atoms with Gasteiger partial charge in [0.15, 0.2) is 0 Å². The van der Waals surface area contributed by atoms with E-state index in [1.54, 1.807) is 5.56 Å². The van der Waals surface area contributed by atoms with E-state index in [1.165, 1.54) is 44.9 Å². The molecule has 5 unspecified atom stereocenters. The number of allylic oxidation sites excluding steroid dienone is 9. The Morgan fingerprint density at radius 1 is 0.906 bits per heavy atom. The Morgan fingerprint density at radius 2 is 1.50 bits per heavy atom. The quantitative estimate of drug-likeness (QED) is 0.366. The standard InChI is InChI=1S/C32H40/c1-3-5-24-31(26-17-9-10-18-26,25-15-7-6-8-16-25)32(23-4-2)29-21-13-11-19-27(29)28-20-12-14-22-30(28)32/h3,6-8,11-16,19-22,26-30H,1,4-5,9-10,17-18,23-24H2,2H3. The van der Waals surface area contributed by atoms with E-state index >= 15 is 0 Å². The first-order valence-corrected chi connectivity index (χ1v) is 13.2. The summed E-state index contributed by atoms with van der Waals surface area (Å²) in [5, 5.41) is 0. The molecule has 4 aliphatic rings. The van der Waals surface area contributed by atoms with Crippen LogP contribution < -0.4 is 0 Å². The van der Waals surface area contributed by atoms with Crippen LogP contribution in [0.2, 0.25) is 0 Å². The lowest BCUT2D eigenvalue weighted by Crippen LogP contribution is -2.56. The largest absolute Gasteiger partial charge is 0.103 e. The third-order valence-electron chi connectivity index (χ3n) is 9.57. The number of benzene rings is 1. The molecular weight excluding hydrogens is 384 g/mol. The molecule has 0 aliphatic heterocycles.